The maximum absolute atomic E-state index is 11.7. The summed E-state index contributed by atoms with van der Waals surface area (Å²) in [4.78, 5) is 14.3. The van der Waals surface area contributed by atoms with Crippen LogP contribution in [0.4, 0.5) is 5.69 Å². The number of aromatic amines is 2. The molecule has 21 heavy (non-hydrogen) atoms. The normalized spacial score (nSPS) is 11.3. The minimum absolute atomic E-state index is 0.168. The van der Waals surface area contributed by atoms with Gasteiger partial charge in [-0.1, -0.05) is 6.07 Å². The van der Waals surface area contributed by atoms with Gasteiger partial charge in [0.05, 0.1) is 0 Å². The highest BCUT2D eigenvalue weighted by Crippen LogP contribution is 2.20. The number of allylic oxidation sites excluding steroid dienone is 1. The molecule has 0 radical (unpaired) electrons. The molecule has 102 valence electrons. The van der Waals surface area contributed by atoms with Crippen LogP contribution in [0.15, 0.2) is 41.5 Å². The van der Waals surface area contributed by atoms with Gasteiger partial charge in [-0.3, -0.25) is 4.79 Å². The molecule has 0 saturated heterocycles. The van der Waals surface area contributed by atoms with Crippen molar-refractivity contribution in [1.82, 2.24) is 25.6 Å². The van der Waals surface area contributed by atoms with E-state index in [0.29, 0.717) is 11.1 Å². The molecule has 0 spiro atoms. The Kier molecular flexibility index (Phi) is 3.15. The molecule has 2 heterocycles. The van der Waals surface area contributed by atoms with Gasteiger partial charge >= 0.3 is 0 Å². The van der Waals surface area contributed by atoms with E-state index in [-0.39, 0.29) is 17.0 Å². The summed E-state index contributed by atoms with van der Waals surface area (Å²) in [6.07, 6.45) is 3.05. The van der Waals surface area contributed by atoms with Crippen molar-refractivity contribution in [2.45, 2.75) is 0 Å². The van der Waals surface area contributed by atoms with Gasteiger partial charge in [0.2, 0.25) is 5.82 Å². The lowest BCUT2D eigenvalue weighted by atomic mass is 10.1. The molecular weight excluding hydrogens is 270 g/mol. The zero-order valence-corrected chi connectivity index (χ0v) is 10.7. The number of pyridine rings is 1. The number of fused-ring (bicyclic) bond motifs is 1. The van der Waals surface area contributed by atoms with Crippen LogP contribution in [0.2, 0.25) is 0 Å². The first-order chi connectivity index (χ1) is 10.3. The van der Waals surface area contributed by atoms with E-state index in [1.807, 2.05) is 12.1 Å². The quantitative estimate of drug-likeness (QED) is 0.615. The fraction of sp³-hybridized carbons (Fsp3) is 0. The number of anilines is 1. The van der Waals surface area contributed by atoms with E-state index < -0.39 is 0 Å². The second-order valence-corrected chi connectivity index (χ2v) is 4.12. The van der Waals surface area contributed by atoms with Crippen LogP contribution in [0, 0.1) is 11.3 Å². The highest BCUT2D eigenvalue weighted by atomic mass is 16.1. The Morgan fingerprint density at radius 2 is 2.24 bits per heavy atom. The molecule has 0 amide bonds. The molecule has 8 nitrogen and oxygen atoms in total. The molecule has 2 aromatic heterocycles. The van der Waals surface area contributed by atoms with E-state index in [4.69, 9.17) is 5.26 Å². The summed E-state index contributed by atoms with van der Waals surface area (Å²) in [6.45, 7) is 0. The summed E-state index contributed by atoms with van der Waals surface area (Å²) in [5, 5.41) is 26.6. The van der Waals surface area contributed by atoms with Crippen LogP contribution in [-0.2, 0) is 0 Å². The molecule has 0 aliphatic carbocycles. The zero-order valence-electron chi connectivity index (χ0n) is 10.7. The average molecular weight is 279 g/mol. The summed E-state index contributed by atoms with van der Waals surface area (Å²) in [7, 11) is 0. The molecular formula is C13H9N7O. The largest absolute Gasteiger partial charge is 0.360 e. The molecule has 3 rings (SSSR count). The predicted molar refractivity (Wildman–Crippen MR) is 76.0 cm³/mol. The Balaban J connectivity index is 2.01. The molecule has 0 atom stereocenters. The number of H-pyrrole nitrogens is 2. The monoisotopic (exact) mass is 279 g/mol. The molecule has 0 bridgehead atoms. The van der Waals surface area contributed by atoms with E-state index in [9.17, 15) is 4.79 Å². The first-order valence-electron chi connectivity index (χ1n) is 6.00. The van der Waals surface area contributed by atoms with E-state index in [1.165, 1.54) is 6.20 Å². The fourth-order valence-corrected chi connectivity index (χ4v) is 1.92. The van der Waals surface area contributed by atoms with Crippen LogP contribution < -0.4 is 10.9 Å². The van der Waals surface area contributed by atoms with Crippen molar-refractivity contribution in [2.75, 3.05) is 5.32 Å². The lowest BCUT2D eigenvalue weighted by molar-refractivity contribution is 0.881. The summed E-state index contributed by atoms with van der Waals surface area (Å²) in [5.41, 5.74) is 0.763. The van der Waals surface area contributed by atoms with Gasteiger partial charge in [-0.2, -0.15) is 10.5 Å². The van der Waals surface area contributed by atoms with Crippen LogP contribution >= 0.6 is 0 Å². The second-order valence-electron chi connectivity index (χ2n) is 4.12. The Hall–Kier alpha value is -3.47. The van der Waals surface area contributed by atoms with Gasteiger partial charge in [0.25, 0.3) is 5.56 Å². The second kappa shape index (κ2) is 5.26. The van der Waals surface area contributed by atoms with Crippen LogP contribution in [0.25, 0.3) is 16.3 Å². The Morgan fingerprint density at radius 3 is 3.00 bits per heavy atom. The standard InChI is InChI=1S/C13H9N7O/c14-6-8(12-17-19-20-18-12)7-16-11-3-1-2-10-9(11)4-5-15-13(10)21/h1-5,7,16H,(H,15,21)(H,17,18,19,20). The third kappa shape index (κ3) is 2.35. The molecule has 0 aliphatic rings. The number of nitriles is 1. The predicted octanol–water partition coefficient (Wildman–Crippen LogP) is 1.02. The lowest BCUT2D eigenvalue weighted by Crippen LogP contribution is -2.05. The molecule has 3 aromatic rings. The summed E-state index contributed by atoms with van der Waals surface area (Å²) in [6, 6.07) is 9.06. The van der Waals surface area contributed by atoms with Crippen LogP contribution in [0.1, 0.15) is 5.82 Å². The highest BCUT2D eigenvalue weighted by molar-refractivity contribution is 5.94. The number of hydrogen-bond acceptors (Lipinski definition) is 6. The molecule has 0 fully saturated rings. The number of rotatable bonds is 3. The van der Waals surface area contributed by atoms with Gasteiger partial charge in [0.15, 0.2) is 0 Å². The Labute approximate surface area is 118 Å². The summed E-state index contributed by atoms with van der Waals surface area (Å²) >= 11 is 0. The number of hydrogen-bond donors (Lipinski definition) is 3. The fourth-order valence-electron chi connectivity index (χ4n) is 1.92. The summed E-state index contributed by atoms with van der Waals surface area (Å²) < 4.78 is 0. The average Bonchev–Trinajstić information content (AvgIpc) is 3.03. The Morgan fingerprint density at radius 1 is 1.33 bits per heavy atom. The Bertz CT molecular complexity index is 902. The van der Waals surface area contributed by atoms with Gasteiger partial charge < -0.3 is 10.3 Å². The van der Waals surface area contributed by atoms with E-state index >= 15 is 0 Å². The minimum Gasteiger partial charge on any atom is -0.360 e. The maximum atomic E-state index is 11.7. The van der Waals surface area contributed by atoms with Crippen LogP contribution in [-0.4, -0.2) is 25.6 Å². The summed E-state index contributed by atoms with van der Waals surface area (Å²) in [5.74, 6) is 0.197. The number of benzene rings is 1. The van der Waals surface area contributed by atoms with Crippen molar-refractivity contribution in [1.29, 1.82) is 5.26 Å². The van der Waals surface area contributed by atoms with Crippen molar-refractivity contribution in [3.8, 4) is 6.07 Å². The van der Waals surface area contributed by atoms with E-state index in [1.54, 1.807) is 24.4 Å². The van der Waals surface area contributed by atoms with Crippen LogP contribution in [0.3, 0.4) is 0 Å². The number of tetrazole rings is 1. The van der Waals surface area contributed by atoms with Crippen LogP contribution in [0.5, 0.6) is 0 Å². The van der Waals surface area contributed by atoms with Gasteiger partial charge in [0, 0.05) is 28.9 Å². The third-order valence-electron chi connectivity index (χ3n) is 2.89. The van der Waals surface area contributed by atoms with Crippen molar-refractivity contribution < 1.29 is 0 Å². The number of nitrogens with one attached hydrogen (secondary N) is 3. The van der Waals surface area contributed by atoms with E-state index in [0.717, 1.165) is 5.39 Å². The maximum Gasteiger partial charge on any atom is 0.255 e. The van der Waals surface area contributed by atoms with Crippen molar-refractivity contribution in [2.24, 2.45) is 0 Å². The van der Waals surface area contributed by atoms with Crippen molar-refractivity contribution >= 4 is 22.0 Å². The molecule has 1 aromatic carbocycles. The molecule has 8 heteroatoms. The van der Waals surface area contributed by atoms with Gasteiger partial charge in [-0.15, -0.1) is 10.2 Å². The third-order valence-corrected chi connectivity index (χ3v) is 2.89. The smallest absolute Gasteiger partial charge is 0.255 e. The lowest BCUT2D eigenvalue weighted by Gasteiger charge is -2.05. The molecule has 3 N–H and O–H groups in total. The van der Waals surface area contributed by atoms with Gasteiger partial charge in [0.1, 0.15) is 11.6 Å². The minimum atomic E-state index is -0.168. The first kappa shape index (κ1) is 12.6. The van der Waals surface area contributed by atoms with Gasteiger partial charge in [-0.05, 0) is 23.4 Å². The van der Waals surface area contributed by atoms with E-state index in [2.05, 4.69) is 30.9 Å². The molecule has 0 aliphatic heterocycles. The number of nitrogens with zero attached hydrogens (tertiary/aromatic N) is 4. The molecule has 0 unspecified atom stereocenters. The number of aromatic nitrogens is 5. The highest BCUT2D eigenvalue weighted by Gasteiger charge is 2.06. The van der Waals surface area contributed by atoms with Crippen molar-refractivity contribution in [3.63, 3.8) is 0 Å². The topological polar surface area (TPSA) is 123 Å². The molecule has 0 saturated carbocycles. The van der Waals surface area contributed by atoms with Crippen molar-refractivity contribution in [3.05, 3.63) is 52.8 Å². The first-order valence-corrected chi connectivity index (χ1v) is 6.00. The SMILES string of the molecule is N#CC(=CNc1cccc2c(=O)[nH]ccc12)c1nn[nH]n1. The van der Waals surface area contributed by atoms with Gasteiger partial charge in [-0.25, -0.2) is 0 Å². The zero-order chi connectivity index (χ0) is 14.7.